The number of H-pyrrole nitrogens is 1. The van der Waals surface area contributed by atoms with E-state index in [1.54, 1.807) is 0 Å². The number of nitrogens with one attached hydrogen (secondary N) is 2. The Bertz CT molecular complexity index is 1120. The summed E-state index contributed by atoms with van der Waals surface area (Å²) in [5, 5.41) is 20.9. The molecule has 0 fully saturated rings. The minimum Gasteiger partial charge on any atom is -0.359 e. The van der Waals surface area contributed by atoms with Gasteiger partial charge in [0.1, 0.15) is 6.07 Å². The first kappa shape index (κ1) is 19.0. The van der Waals surface area contributed by atoms with Gasteiger partial charge < -0.3 is 4.98 Å². The largest absolute Gasteiger partial charge is 0.359 e. The van der Waals surface area contributed by atoms with Crippen LogP contribution in [0.5, 0.6) is 0 Å². The van der Waals surface area contributed by atoms with E-state index in [1.165, 1.54) is 12.4 Å². The Kier molecular flexibility index (Phi) is 5.59. The number of hydrogen-bond donors (Lipinski definition) is 2. The van der Waals surface area contributed by atoms with Gasteiger partial charge in [-0.25, -0.2) is 8.42 Å². The van der Waals surface area contributed by atoms with Gasteiger partial charge in [-0.1, -0.05) is 12.2 Å². The van der Waals surface area contributed by atoms with E-state index in [-0.39, 0.29) is 10.6 Å². The number of allylic oxidation sites excluding steroid dienone is 2. The predicted octanol–water partition coefficient (Wildman–Crippen LogP) is 1.26. The van der Waals surface area contributed by atoms with Crippen LogP contribution in [-0.2, 0) is 10.0 Å². The standard InChI is InChI=1S/C17H16N4O4S/c1-3-4-12(2)17-13(9-18)10-19-16(17)11-20-26(24,25)15-7-5-14(6-8-15)21(22)23/h3-8,10-11,19-20H,1-2H3/b4-3-,16-11+,17-12-. The van der Waals surface area contributed by atoms with Crippen molar-refractivity contribution in [1.82, 2.24) is 9.71 Å². The van der Waals surface area contributed by atoms with Gasteiger partial charge in [0.2, 0.25) is 0 Å². The van der Waals surface area contributed by atoms with Gasteiger partial charge in [-0.15, -0.1) is 0 Å². The van der Waals surface area contributed by atoms with E-state index >= 15 is 0 Å². The molecule has 0 spiro atoms. The number of nitrogens with zero attached hydrogens (tertiary/aromatic N) is 2. The maximum Gasteiger partial charge on any atom is 0.269 e. The summed E-state index contributed by atoms with van der Waals surface area (Å²) < 4.78 is 27.0. The summed E-state index contributed by atoms with van der Waals surface area (Å²) in [5.41, 5.74) is 0.988. The number of sulfonamides is 1. The van der Waals surface area contributed by atoms with Crippen molar-refractivity contribution in [2.24, 2.45) is 0 Å². The lowest BCUT2D eigenvalue weighted by Crippen LogP contribution is -2.31. The van der Waals surface area contributed by atoms with Crippen LogP contribution in [0.15, 0.2) is 47.5 Å². The van der Waals surface area contributed by atoms with Crippen LogP contribution < -0.4 is 15.3 Å². The van der Waals surface area contributed by atoms with E-state index in [0.29, 0.717) is 16.1 Å². The van der Waals surface area contributed by atoms with Gasteiger partial charge in [-0.2, -0.15) is 5.26 Å². The number of benzene rings is 1. The van der Waals surface area contributed by atoms with Gasteiger partial charge in [-0.05, 0) is 31.6 Å². The molecule has 26 heavy (non-hydrogen) atoms. The van der Waals surface area contributed by atoms with Crippen molar-refractivity contribution in [2.75, 3.05) is 0 Å². The number of nitro groups is 1. The molecule has 0 aliphatic rings. The average Bonchev–Trinajstić information content (AvgIpc) is 3.03. The Hall–Kier alpha value is -3.38. The molecule has 0 atom stereocenters. The third-order valence-corrected chi connectivity index (χ3v) is 4.88. The van der Waals surface area contributed by atoms with Gasteiger partial charge in [-0.3, -0.25) is 14.8 Å². The van der Waals surface area contributed by atoms with Gasteiger partial charge in [0, 0.05) is 29.7 Å². The normalized spacial score (nSPS) is 13.5. The van der Waals surface area contributed by atoms with Gasteiger partial charge in [0.15, 0.2) is 0 Å². The van der Waals surface area contributed by atoms with E-state index < -0.39 is 14.9 Å². The minimum absolute atomic E-state index is 0.109. The van der Waals surface area contributed by atoms with Crippen LogP contribution in [0.2, 0.25) is 0 Å². The maximum atomic E-state index is 12.4. The first-order valence-corrected chi connectivity index (χ1v) is 8.96. The van der Waals surface area contributed by atoms with Crippen molar-refractivity contribution < 1.29 is 13.3 Å². The summed E-state index contributed by atoms with van der Waals surface area (Å²) in [6.07, 6.45) is 6.37. The molecule has 134 valence electrons. The number of aromatic amines is 1. The Labute approximate surface area is 150 Å². The summed E-state index contributed by atoms with van der Waals surface area (Å²) in [5.74, 6) is 0. The van der Waals surface area contributed by atoms with Crippen molar-refractivity contribution in [3.05, 3.63) is 68.9 Å². The molecular weight excluding hydrogens is 356 g/mol. The molecule has 0 unspecified atom stereocenters. The summed E-state index contributed by atoms with van der Waals surface area (Å²) in [4.78, 5) is 12.8. The topological polar surface area (TPSA) is 129 Å². The lowest BCUT2D eigenvalue weighted by Gasteiger charge is -2.03. The van der Waals surface area contributed by atoms with Crippen molar-refractivity contribution >= 4 is 27.5 Å². The molecule has 0 aliphatic carbocycles. The smallest absolute Gasteiger partial charge is 0.269 e. The molecule has 1 aromatic heterocycles. The zero-order valence-electron chi connectivity index (χ0n) is 14.1. The molecular formula is C17H16N4O4S. The van der Waals surface area contributed by atoms with E-state index in [9.17, 15) is 23.8 Å². The minimum atomic E-state index is -3.91. The Morgan fingerprint density at radius 1 is 1.35 bits per heavy atom. The van der Waals surface area contributed by atoms with Crippen LogP contribution in [0.4, 0.5) is 5.69 Å². The molecule has 8 nitrogen and oxygen atoms in total. The number of nitro benzene ring substituents is 1. The zero-order chi connectivity index (χ0) is 19.3. The summed E-state index contributed by atoms with van der Waals surface area (Å²) in [6, 6.07) is 6.60. The molecule has 2 rings (SSSR count). The fourth-order valence-corrected chi connectivity index (χ4v) is 3.25. The van der Waals surface area contributed by atoms with Crippen LogP contribution in [-0.4, -0.2) is 18.3 Å². The van der Waals surface area contributed by atoms with Crippen molar-refractivity contribution in [3.63, 3.8) is 0 Å². The lowest BCUT2D eigenvalue weighted by atomic mass is 10.1. The summed E-state index contributed by atoms with van der Waals surface area (Å²) >= 11 is 0. The number of aromatic nitrogens is 1. The summed E-state index contributed by atoms with van der Waals surface area (Å²) in [7, 11) is -3.91. The molecule has 0 aliphatic heterocycles. The quantitative estimate of drug-likeness (QED) is 0.603. The molecule has 0 bridgehead atoms. The number of hydrogen-bond acceptors (Lipinski definition) is 5. The van der Waals surface area contributed by atoms with Gasteiger partial charge in [0.05, 0.1) is 20.7 Å². The molecule has 0 amide bonds. The van der Waals surface area contributed by atoms with Crippen LogP contribution in [0.25, 0.3) is 11.8 Å². The number of rotatable bonds is 5. The first-order valence-electron chi connectivity index (χ1n) is 7.48. The third kappa shape index (κ3) is 3.99. The second kappa shape index (κ2) is 7.67. The first-order chi connectivity index (χ1) is 12.3. The Morgan fingerprint density at radius 3 is 2.54 bits per heavy atom. The molecule has 0 saturated heterocycles. The average molecular weight is 372 g/mol. The molecule has 9 heteroatoms. The molecule has 1 heterocycles. The molecule has 2 N–H and O–H groups in total. The van der Waals surface area contributed by atoms with E-state index in [1.807, 2.05) is 26.0 Å². The van der Waals surface area contributed by atoms with Crippen molar-refractivity contribution in [3.8, 4) is 6.07 Å². The van der Waals surface area contributed by atoms with E-state index in [2.05, 4.69) is 15.8 Å². The van der Waals surface area contributed by atoms with Crippen LogP contribution >= 0.6 is 0 Å². The highest BCUT2D eigenvalue weighted by molar-refractivity contribution is 7.89. The highest BCUT2D eigenvalue weighted by atomic mass is 32.2. The van der Waals surface area contributed by atoms with Crippen LogP contribution in [0.1, 0.15) is 19.4 Å². The van der Waals surface area contributed by atoms with E-state index in [0.717, 1.165) is 29.8 Å². The molecule has 0 radical (unpaired) electrons. The lowest BCUT2D eigenvalue weighted by molar-refractivity contribution is -0.384. The fraction of sp³-hybridized carbons (Fsp3) is 0.118. The number of nitriles is 1. The molecule has 0 saturated carbocycles. The van der Waals surface area contributed by atoms with Crippen molar-refractivity contribution in [1.29, 1.82) is 5.26 Å². The van der Waals surface area contributed by atoms with Crippen LogP contribution in [0.3, 0.4) is 0 Å². The van der Waals surface area contributed by atoms with Gasteiger partial charge in [0.25, 0.3) is 15.7 Å². The summed E-state index contributed by atoms with van der Waals surface area (Å²) in [6.45, 7) is 3.65. The highest BCUT2D eigenvalue weighted by Crippen LogP contribution is 2.15. The second-order valence-corrected chi connectivity index (χ2v) is 7.02. The van der Waals surface area contributed by atoms with Gasteiger partial charge >= 0.3 is 0 Å². The Morgan fingerprint density at radius 2 is 2.00 bits per heavy atom. The zero-order valence-corrected chi connectivity index (χ0v) is 14.9. The predicted molar refractivity (Wildman–Crippen MR) is 96.5 cm³/mol. The SMILES string of the molecule is C\C=C/C(C)=c1/c(C#N)c[nH]/c1=C/NS(=O)(=O)c1ccc([N+](=O)[O-])cc1. The molecule has 1 aromatic carbocycles. The Balaban J connectivity index is 2.47. The maximum absolute atomic E-state index is 12.4. The van der Waals surface area contributed by atoms with Crippen LogP contribution in [0, 0.1) is 21.4 Å². The third-order valence-electron chi connectivity index (χ3n) is 3.56. The monoisotopic (exact) mass is 372 g/mol. The second-order valence-electron chi connectivity index (χ2n) is 5.30. The fourth-order valence-electron chi connectivity index (χ4n) is 2.35. The highest BCUT2D eigenvalue weighted by Gasteiger charge is 2.14. The molecule has 2 aromatic rings. The number of non-ortho nitro benzene ring substituents is 1. The van der Waals surface area contributed by atoms with Crippen molar-refractivity contribution in [2.45, 2.75) is 18.7 Å². The van der Waals surface area contributed by atoms with E-state index in [4.69, 9.17) is 0 Å².